The van der Waals surface area contributed by atoms with Crippen molar-refractivity contribution in [3.8, 4) is 0 Å². The van der Waals surface area contributed by atoms with Crippen molar-refractivity contribution in [2.45, 2.75) is 39.8 Å². The van der Waals surface area contributed by atoms with Gasteiger partial charge in [0.05, 0.1) is 18.7 Å². The second-order valence-corrected chi connectivity index (χ2v) is 4.80. The quantitative estimate of drug-likeness (QED) is 0.733. The Bertz CT molecular complexity index is 352. The predicted molar refractivity (Wildman–Crippen MR) is 76.2 cm³/mol. The van der Waals surface area contributed by atoms with E-state index in [2.05, 4.69) is 22.0 Å². The Hall–Kier alpha value is -0.690. The Morgan fingerprint density at radius 1 is 1.37 bits per heavy atom. The van der Waals surface area contributed by atoms with Gasteiger partial charge in [0.15, 0.2) is 5.82 Å². The first-order valence-electron chi connectivity index (χ1n) is 6.39. The van der Waals surface area contributed by atoms with Gasteiger partial charge in [-0.2, -0.15) is 4.98 Å². The summed E-state index contributed by atoms with van der Waals surface area (Å²) in [6, 6.07) is 0. The normalized spacial score (nSPS) is 11.7. The van der Waals surface area contributed by atoms with Crippen molar-refractivity contribution < 1.29 is 9.26 Å². The highest BCUT2D eigenvalue weighted by atomic mass is 35.5. The van der Waals surface area contributed by atoms with E-state index in [-0.39, 0.29) is 12.4 Å². The van der Waals surface area contributed by atoms with E-state index >= 15 is 0 Å². The van der Waals surface area contributed by atoms with Crippen molar-refractivity contribution in [3.63, 3.8) is 0 Å². The van der Waals surface area contributed by atoms with Crippen molar-refractivity contribution in [2.75, 3.05) is 26.3 Å². The van der Waals surface area contributed by atoms with E-state index in [1.807, 2.05) is 20.8 Å². The molecule has 6 nitrogen and oxygen atoms in total. The fourth-order valence-electron chi connectivity index (χ4n) is 1.46. The van der Waals surface area contributed by atoms with Crippen molar-refractivity contribution in [1.29, 1.82) is 0 Å². The smallest absolute Gasteiger partial charge is 0.240 e. The van der Waals surface area contributed by atoms with Crippen LogP contribution in [0.2, 0.25) is 0 Å². The molecule has 7 heteroatoms. The molecule has 0 aliphatic carbocycles. The van der Waals surface area contributed by atoms with Crippen LogP contribution in [0.25, 0.3) is 0 Å². The number of rotatable bonds is 8. The van der Waals surface area contributed by atoms with E-state index in [9.17, 15) is 0 Å². The maximum absolute atomic E-state index is 5.91. The first-order chi connectivity index (χ1) is 8.47. The Morgan fingerprint density at radius 2 is 2.05 bits per heavy atom. The van der Waals surface area contributed by atoms with Crippen molar-refractivity contribution >= 4 is 12.4 Å². The van der Waals surface area contributed by atoms with Crippen molar-refractivity contribution in [1.82, 2.24) is 15.0 Å². The zero-order chi connectivity index (χ0) is 13.6. The lowest BCUT2D eigenvalue weighted by Crippen LogP contribution is -2.30. The second kappa shape index (κ2) is 8.47. The van der Waals surface area contributed by atoms with E-state index in [0.717, 1.165) is 19.7 Å². The lowest BCUT2D eigenvalue weighted by molar-refractivity contribution is 0.108. The van der Waals surface area contributed by atoms with Crippen LogP contribution in [-0.2, 0) is 16.8 Å². The zero-order valence-corrected chi connectivity index (χ0v) is 13.0. The number of ether oxygens (including phenoxy) is 1. The number of likely N-dealkylation sites (N-methyl/N-ethyl adjacent to an activating group) is 1. The topological polar surface area (TPSA) is 77.4 Å². The van der Waals surface area contributed by atoms with Crippen LogP contribution in [0.5, 0.6) is 0 Å². The monoisotopic (exact) mass is 292 g/mol. The molecule has 0 aliphatic heterocycles. The first-order valence-corrected chi connectivity index (χ1v) is 6.39. The van der Waals surface area contributed by atoms with Crippen LogP contribution in [0, 0.1) is 0 Å². The summed E-state index contributed by atoms with van der Waals surface area (Å²) < 4.78 is 10.5. The summed E-state index contributed by atoms with van der Waals surface area (Å²) in [5.41, 5.74) is 5.35. The first kappa shape index (κ1) is 18.3. The molecule has 0 bridgehead atoms. The summed E-state index contributed by atoms with van der Waals surface area (Å²) in [7, 11) is 0. The van der Waals surface area contributed by atoms with Crippen LogP contribution in [-0.4, -0.2) is 41.3 Å². The summed E-state index contributed by atoms with van der Waals surface area (Å²) in [6.07, 6.45) is 0. The highest BCUT2D eigenvalue weighted by Crippen LogP contribution is 2.13. The van der Waals surface area contributed by atoms with Gasteiger partial charge in [-0.25, -0.2) is 0 Å². The van der Waals surface area contributed by atoms with Crippen LogP contribution in [0.1, 0.15) is 39.4 Å². The molecule has 1 aromatic heterocycles. The molecule has 0 radical (unpaired) electrons. The van der Waals surface area contributed by atoms with Crippen molar-refractivity contribution in [3.05, 3.63) is 11.7 Å². The minimum Gasteiger partial charge on any atom is -0.380 e. The van der Waals surface area contributed by atoms with Gasteiger partial charge in [-0.05, 0) is 27.3 Å². The summed E-state index contributed by atoms with van der Waals surface area (Å²) >= 11 is 0. The largest absolute Gasteiger partial charge is 0.380 e. The molecule has 0 atom stereocenters. The van der Waals surface area contributed by atoms with Gasteiger partial charge in [-0.15, -0.1) is 12.4 Å². The summed E-state index contributed by atoms with van der Waals surface area (Å²) in [6.45, 7) is 11.7. The minimum absolute atomic E-state index is 0. The molecule has 112 valence electrons. The van der Waals surface area contributed by atoms with Crippen LogP contribution >= 0.6 is 12.4 Å². The van der Waals surface area contributed by atoms with E-state index < -0.39 is 5.54 Å². The number of nitrogens with zero attached hydrogens (tertiary/aromatic N) is 3. The maximum atomic E-state index is 5.91. The molecule has 0 amide bonds. The molecule has 1 aromatic rings. The Labute approximate surface area is 121 Å². The number of halogens is 1. The third kappa shape index (κ3) is 6.33. The van der Waals surface area contributed by atoms with Crippen LogP contribution in [0.4, 0.5) is 0 Å². The molecule has 0 aliphatic rings. The summed E-state index contributed by atoms with van der Waals surface area (Å²) in [5, 5.41) is 3.90. The molecule has 0 spiro atoms. The predicted octanol–water partition coefficient (Wildman–Crippen LogP) is 1.54. The molecule has 1 heterocycles. The highest BCUT2D eigenvalue weighted by Gasteiger charge is 2.22. The number of hydrogen-bond acceptors (Lipinski definition) is 6. The van der Waals surface area contributed by atoms with Gasteiger partial charge in [-0.1, -0.05) is 12.1 Å². The molecular formula is C12H25ClN4O2. The number of nitrogens with two attached hydrogens (primary N) is 1. The molecule has 0 saturated carbocycles. The van der Waals surface area contributed by atoms with Gasteiger partial charge in [0, 0.05) is 13.2 Å². The van der Waals surface area contributed by atoms with Crippen LogP contribution < -0.4 is 5.73 Å². The average molecular weight is 293 g/mol. The SMILES string of the molecule is CCOCCN(CC)Cc1nc(C(C)(C)N)no1.Cl. The minimum atomic E-state index is -0.565. The van der Waals surface area contributed by atoms with Crippen LogP contribution in [0.3, 0.4) is 0 Å². The fourth-order valence-corrected chi connectivity index (χ4v) is 1.46. The van der Waals surface area contributed by atoms with Gasteiger partial charge >= 0.3 is 0 Å². The Morgan fingerprint density at radius 3 is 2.53 bits per heavy atom. The van der Waals surface area contributed by atoms with E-state index in [4.69, 9.17) is 15.0 Å². The Kier molecular flexibility index (Phi) is 8.17. The molecular weight excluding hydrogens is 268 g/mol. The standard InChI is InChI=1S/C12H24N4O2.ClH/c1-5-16(7-8-17-6-2)9-10-14-11(15-18-10)12(3,4)13;/h5-9,13H2,1-4H3;1H. The Balaban J connectivity index is 0.00000324. The third-order valence-corrected chi connectivity index (χ3v) is 2.61. The average Bonchev–Trinajstić information content (AvgIpc) is 2.76. The molecule has 19 heavy (non-hydrogen) atoms. The van der Waals surface area contributed by atoms with Gasteiger partial charge in [-0.3, -0.25) is 4.90 Å². The lowest BCUT2D eigenvalue weighted by atomic mass is 10.1. The van der Waals surface area contributed by atoms with Crippen LogP contribution in [0.15, 0.2) is 4.52 Å². The third-order valence-electron chi connectivity index (χ3n) is 2.61. The van der Waals surface area contributed by atoms with E-state index in [1.54, 1.807) is 0 Å². The summed E-state index contributed by atoms with van der Waals surface area (Å²) in [4.78, 5) is 6.50. The van der Waals surface area contributed by atoms with Gasteiger partial charge < -0.3 is 15.0 Å². The molecule has 0 saturated heterocycles. The second-order valence-electron chi connectivity index (χ2n) is 4.80. The fraction of sp³-hybridized carbons (Fsp3) is 0.833. The molecule has 0 aromatic carbocycles. The van der Waals surface area contributed by atoms with E-state index in [1.165, 1.54) is 0 Å². The summed E-state index contributed by atoms with van der Waals surface area (Å²) in [5.74, 6) is 1.14. The lowest BCUT2D eigenvalue weighted by Gasteiger charge is -2.17. The van der Waals surface area contributed by atoms with Gasteiger partial charge in [0.25, 0.3) is 0 Å². The van der Waals surface area contributed by atoms with E-state index in [0.29, 0.717) is 24.9 Å². The molecule has 0 unspecified atom stereocenters. The number of hydrogen-bond donors (Lipinski definition) is 1. The highest BCUT2D eigenvalue weighted by molar-refractivity contribution is 5.85. The number of aromatic nitrogens is 2. The molecule has 0 fully saturated rings. The zero-order valence-electron chi connectivity index (χ0n) is 12.2. The maximum Gasteiger partial charge on any atom is 0.240 e. The van der Waals surface area contributed by atoms with Crippen molar-refractivity contribution in [2.24, 2.45) is 5.73 Å². The molecule has 2 N–H and O–H groups in total. The molecule has 1 rings (SSSR count). The van der Waals surface area contributed by atoms with Gasteiger partial charge in [0.2, 0.25) is 5.89 Å². The van der Waals surface area contributed by atoms with Gasteiger partial charge in [0.1, 0.15) is 0 Å².